The van der Waals surface area contributed by atoms with Crippen molar-refractivity contribution in [1.29, 1.82) is 0 Å². The standard InChI is InChI=1S/C15H31NO/c1-5-6-7-8-14(17)15(16(3)4)11-9-13(2)10-12-15/h13-14,17H,5-12H2,1-4H3. The fraction of sp³-hybridized carbons (Fsp3) is 1.00. The molecule has 1 aliphatic rings. The molecule has 1 rings (SSSR count). The Hall–Kier alpha value is -0.0800. The summed E-state index contributed by atoms with van der Waals surface area (Å²) in [6.07, 6.45) is 9.34. The molecule has 1 atom stereocenters. The van der Waals surface area contributed by atoms with Crippen molar-refractivity contribution in [3.63, 3.8) is 0 Å². The van der Waals surface area contributed by atoms with Gasteiger partial charge >= 0.3 is 0 Å². The van der Waals surface area contributed by atoms with E-state index in [1.807, 2.05) is 0 Å². The second-order valence-electron chi connectivity index (χ2n) is 6.19. The van der Waals surface area contributed by atoms with E-state index in [1.165, 1.54) is 32.1 Å². The molecule has 0 spiro atoms. The number of hydrogen-bond acceptors (Lipinski definition) is 2. The molecule has 2 heteroatoms. The number of hydrogen-bond donors (Lipinski definition) is 1. The lowest BCUT2D eigenvalue weighted by atomic mass is 9.72. The minimum Gasteiger partial charge on any atom is -0.391 e. The van der Waals surface area contributed by atoms with Gasteiger partial charge in [-0.1, -0.05) is 33.1 Å². The molecule has 102 valence electrons. The highest BCUT2D eigenvalue weighted by atomic mass is 16.3. The molecule has 0 heterocycles. The number of nitrogens with zero attached hydrogens (tertiary/aromatic N) is 1. The van der Waals surface area contributed by atoms with Gasteiger partial charge in [-0.15, -0.1) is 0 Å². The van der Waals surface area contributed by atoms with Crippen LogP contribution in [0, 0.1) is 5.92 Å². The van der Waals surface area contributed by atoms with Crippen LogP contribution in [0.4, 0.5) is 0 Å². The summed E-state index contributed by atoms with van der Waals surface area (Å²) in [7, 11) is 4.28. The van der Waals surface area contributed by atoms with E-state index in [0.717, 1.165) is 25.2 Å². The van der Waals surface area contributed by atoms with E-state index >= 15 is 0 Å². The van der Waals surface area contributed by atoms with Crippen LogP contribution in [0.2, 0.25) is 0 Å². The van der Waals surface area contributed by atoms with Gasteiger partial charge in [-0.05, 0) is 52.1 Å². The Bertz CT molecular complexity index is 207. The Labute approximate surface area is 107 Å². The van der Waals surface area contributed by atoms with Crippen molar-refractivity contribution in [2.45, 2.75) is 76.9 Å². The molecule has 0 aromatic heterocycles. The first kappa shape index (κ1) is 15.0. The summed E-state index contributed by atoms with van der Waals surface area (Å²) < 4.78 is 0. The van der Waals surface area contributed by atoms with Crippen molar-refractivity contribution in [1.82, 2.24) is 4.90 Å². The van der Waals surface area contributed by atoms with Crippen molar-refractivity contribution < 1.29 is 5.11 Å². The topological polar surface area (TPSA) is 23.5 Å². The monoisotopic (exact) mass is 241 g/mol. The number of likely N-dealkylation sites (N-methyl/N-ethyl adjacent to an activating group) is 1. The smallest absolute Gasteiger partial charge is 0.0723 e. The summed E-state index contributed by atoms with van der Waals surface area (Å²) >= 11 is 0. The molecule has 0 amide bonds. The van der Waals surface area contributed by atoms with Crippen LogP contribution < -0.4 is 0 Å². The first-order chi connectivity index (χ1) is 8.03. The normalized spacial score (nSPS) is 31.8. The van der Waals surface area contributed by atoms with Crippen LogP contribution in [0.15, 0.2) is 0 Å². The maximum absolute atomic E-state index is 10.6. The second-order valence-corrected chi connectivity index (χ2v) is 6.19. The molecule has 0 aliphatic heterocycles. The third kappa shape index (κ3) is 3.69. The van der Waals surface area contributed by atoms with Crippen LogP contribution >= 0.6 is 0 Å². The molecule has 1 saturated carbocycles. The predicted molar refractivity (Wildman–Crippen MR) is 74.2 cm³/mol. The van der Waals surface area contributed by atoms with E-state index in [2.05, 4.69) is 32.8 Å². The van der Waals surface area contributed by atoms with Gasteiger partial charge < -0.3 is 10.0 Å². The van der Waals surface area contributed by atoms with Gasteiger partial charge in [0, 0.05) is 5.54 Å². The van der Waals surface area contributed by atoms with Gasteiger partial charge in [0.25, 0.3) is 0 Å². The molecule has 1 N–H and O–H groups in total. The van der Waals surface area contributed by atoms with Gasteiger partial charge in [0.05, 0.1) is 6.10 Å². The number of rotatable bonds is 6. The first-order valence-corrected chi connectivity index (χ1v) is 7.38. The summed E-state index contributed by atoms with van der Waals surface area (Å²) in [5.41, 5.74) is 0.0558. The highest BCUT2D eigenvalue weighted by Crippen LogP contribution is 2.39. The summed E-state index contributed by atoms with van der Waals surface area (Å²) in [6.45, 7) is 4.55. The van der Waals surface area contributed by atoms with Crippen LogP contribution in [0.5, 0.6) is 0 Å². The lowest BCUT2D eigenvalue weighted by molar-refractivity contribution is -0.0434. The van der Waals surface area contributed by atoms with E-state index in [0.29, 0.717) is 0 Å². The second kappa shape index (κ2) is 6.75. The fourth-order valence-electron chi connectivity index (χ4n) is 3.20. The fourth-order valence-corrected chi connectivity index (χ4v) is 3.20. The van der Waals surface area contributed by atoms with Crippen molar-refractivity contribution in [3.8, 4) is 0 Å². The summed E-state index contributed by atoms with van der Waals surface area (Å²) in [5, 5.41) is 10.6. The zero-order valence-corrected chi connectivity index (χ0v) is 12.2. The minimum atomic E-state index is -0.142. The van der Waals surface area contributed by atoms with Crippen LogP contribution in [-0.2, 0) is 0 Å². The number of aliphatic hydroxyl groups is 1. The van der Waals surface area contributed by atoms with E-state index in [1.54, 1.807) is 0 Å². The van der Waals surface area contributed by atoms with Gasteiger partial charge in [0.2, 0.25) is 0 Å². The van der Waals surface area contributed by atoms with Gasteiger partial charge in [0.1, 0.15) is 0 Å². The van der Waals surface area contributed by atoms with Crippen molar-refractivity contribution in [2.24, 2.45) is 5.92 Å². The summed E-state index contributed by atoms with van der Waals surface area (Å²) in [5.74, 6) is 0.839. The third-order valence-corrected chi connectivity index (χ3v) is 4.73. The van der Waals surface area contributed by atoms with Crippen LogP contribution in [-0.4, -0.2) is 35.7 Å². The average molecular weight is 241 g/mol. The predicted octanol–water partition coefficient (Wildman–Crippen LogP) is 3.44. The molecule has 0 bridgehead atoms. The van der Waals surface area contributed by atoms with Crippen molar-refractivity contribution in [2.75, 3.05) is 14.1 Å². The van der Waals surface area contributed by atoms with Crippen molar-refractivity contribution >= 4 is 0 Å². The molecule has 1 aliphatic carbocycles. The van der Waals surface area contributed by atoms with Crippen molar-refractivity contribution in [3.05, 3.63) is 0 Å². The van der Waals surface area contributed by atoms with Gasteiger partial charge in [-0.25, -0.2) is 0 Å². The molecule has 0 aromatic rings. The highest BCUT2D eigenvalue weighted by molar-refractivity contribution is 4.97. The maximum Gasteiger partial charge on any atom is 0.0723 e. The quantitative estimate of drug-likeness (QED) is 0.720. The zero-order valence-electron chi connectivity index (χ0n) is 12.2. The highest BCUT2D eigenvalue weighted by Gasteiger charge is 2.41. The number of aliphatic hydroxyl groups excluding tert-OH is 1. The Morgan fingerprint density at radius 2 is 1.82 bits per heavy atom. The van der Waals surface area contributed by atoms with Gasteiger partial charge in [-0.2, -0.15) is 0 Å². The molecule has 1 unspecified atom stereocenters. The van der Waals surface area contributed by atoms with E-state index in [4.69, 9.17) is 0 Å². The van der Waals surface area contributed by atoms with Gasteiger partial charge in [-0.3, -0.25) is 0 Å². The van der Waals surface area contributed by atoms with Gasteiger partial charge in [0.15, 0.2) is 0 Å². The van der Waals surface area contributed by atoms with E-state index < -0.39 is 0 Å². The first-order valence-electron chi connectivity index (χ1n) is 7.38. The Balaban J connectivity index is 2.58. The van der Waals surface area contributed by atoms with E-state index in [-0.39, 0.29) is 11.6 Å². The third-order valence-electron chi connectivity index (χ3n) is 4.73. The molecule has 0 aromatic carbocycles. The molecular formula is C15H31NO. The van der Waals surface area contributed by atoms with Crippen LogP contribution in [0.3, 0.4) is 0 Å². The number of unbranched alkanes of at least 4 members (excludes halogenated alkanes) is 2. The molecule has 1 fully saturated rings. The molecule has 0 saturated heterocycles. The molecule has 17 heavy (non-hydrogen) atoms. The summed E-state index contributed by atoms with van der Waals surface area (Å²) in [4.78, 5) is 2.29. The Morgan fingerprint density at radius 3 is 2.29 bits per heavy atom. The minimum absolute atomic E-state index is 0.0558. The lowest BCUT2D eigenvalue weighted by Crippen LogP contribution is -2.55. The van der Waals surface area contributed by atoms with Crippen LogP contribution in [0.25, 0.3) is 0 Å². The Kier molecular flexibility index (Phi) is 5.94. The lowest BCUT2D eigenvalue weighted by Gasteiger charge is -2.47. The summed E-state index contributed by atoms with van der Waals surface area (Å²) in [6, 6.07) is 0. The zero-order chi connectivity index (χ0) is 12.9. The Morgan fingerprint density at radius 1 is 1.24 bits per heavy atom. The average Bonchev–Trinajstić information content (AvgIpc) is 2.30. The molecular weight excluding hydrogens is 210 g/mol. The largest absolute Gasteiger partial charge is 0.391 e. The maximum atomic E-state index is 10.6. The SMILES string of the molecule is CCCCCC(O)C1(N(C)C)CCC(C)CC1. The molecule has 2 nitrogen and oxygen atoms in total. The molecule has 0 radical (unpaired) electrons. The van der Waals surface area contributed by atoms with Crippen LogP contribution in [0.1, 0.15) is 65.2 Å². The van der Waals surface area contributed by atoms with E-state index in [9.17, 15) is 5.11 Å².